The lowest BCUT2D eigenvalue weighted by Crippen LogP contribution is -1.95. The van der Waals surface area contributed by atoms with Crippen molar-refractivity contribution in [3.8, 4) is 21.8 Å². The van der Waals surface area contributed by atoms with Gasteiger partial charge in [-0.3, -0.25) is 0 Å². The Hall–Kier alpha value is -1.97. The lowest BCUT2D eigenvalue weighted by Gasteiger charge is -2.01. The van der Waals surface area contributed by atoms with Crippen molar-refractivity contribution in [1.82, 2.24) is 4.98 Å². The van der Waals surface area contributed by atoms with E-state index in [9.17, 15) is 0 Å². The Bertz CT molecular complexity index is 729. The number of hydrogen-bond donors (Lipinski definition) is 1. The second kappa shape index (κ2) is 6.20. The van der Waals surface area contributed by atoms with Gasteiger partial charge >= 0.3 is 0 Å². The summed E-state index contributed by atoms with van der Waals surface area (Å²) in [7, 11) is 0. The molecule has 0 unspecified atom stereocenters. The Morgan fingerprint density at radius 2 is 1.81 bits per heavy atom. The molecule has 0 saturated carbocycles. The third-order valence-corrected chi connectivity index (χ3v) is 4.46. The number of nitrogens with two attached hydrogens (primary N) is 1. The highest BCUT2D eigenvalue weighted by Gasteiger charge is 2.07. The van der Waals surface area contributed by atoms with E-state index in [4.69, 9.17) is 10.7 Å². The number of benzene rings is 2. The Balaban J connectivity index is 1.91. The summed E-state index contributed by atoms with van der Waals surface area (Å²) in [6.07, 6.45) is 1.06. The van der Waals surface area contributed by atoms with E-state index in [0.717, 1.165) is 28.2 Å². The quantitative estimate of drug-likeness (QED) is 0.769. The van der Waals surface area contributed by atoms with Gasteiger partial charge in [-0.15, -0.1) is 11.3 Å². The smallest absolute Gasteiger partial charge is 0.124 e. The van der Waals surface area contributed by atoms with Gasteiger partial charge in [0.15, 0.2) is 0 Å². The zero-order valence-electron chi connectivity index (χ0n) is 12.0. The molecule has 1 heterocycles. The molecule has 0 radical (unpaired) electrons. The van der Waals surface area contributed by atoms with E-state index < -0.39 is 0 Å². The highest BCUT2D eigenvalue weighted by molar-refractivity contribution is 7.13. The molecule has 0 fully saturated rings. The van der Waals surface area contributed by atoms with Crippen LogP contribution in [0, 0.1) is 0 Å². The normalized spacial score (nSPS) is 10.8. The van der Waals surface area contributed by atoms with Gasteiger partial charge in [-0.25, -0.2) is 4.98 Å². The maximum absolute atomic E-state index is 5.70. The average molecular weight is 294 g/mol. The van der Waals surface area contributed by atoms with Crippen LogP contribution in [0.4, 0.5) is 0 Å². The highest BCUT2D eigenvalue weighted by atomic mass is 32.1. The van der Waals surface area contributed by atoms with E-state index in [0.29, 0.717) is 6.54 Å². The van der Waals surface area contributed by atoms with Crippen molar-refractivity contribution in [1.29, 1.82) is 0 Å². The number of aromatic nitrogens is 1. The van der Waals surface area contributed by atoms with Crippen molar-refractivity contribution >= 4 is 11.3 Å². The maximum Gasteiger partial charge on any atom is 0.124 e. The van der Waals surface area contributed by atoms with Gasteiger partial charge in [0.25, 0.3) is 0 Å². The van der Waals surface area contributed by atoms with E-state index >= 15 is 0 Å². The van der Waals surface area contributed by atoms with Crippen LogP contribution in [0.15, 0.2) is 53.9 Å². The fourth-order valence-electron chi connectivity index (χ4n) is 2.28. The molecular weight excluding hydrogens is 276 g/mol. The molecule has 0 spiro atoms. The number of hydrogen-bond acceptors (Lipinski definition) is 3. The molecule has 0 aliphatic heterocycles. The zero-order valence-corrected chi connectivity index (χ0v) is 12.9. The fourth-order valence-corrected chi connectivity index (χ4v) is 3.11. The SMILES string of the molecule is CCc1ccc(-c2csc(-c3cccc(CN)c3)n2)cc1. The molecule has 0 aliphatic carbocycles. The lowest BCUT2D eigenvalue weighted by atomic mass is 10.1. The van der Waals surface area contributed by atoms with Crippen molar-refractivity contribution in [2.45, 2.75) is 19.9 Å². The fraction of sp³-hybridized carbons (Fsp3) is 0.167. The number of rotatable bonds is 4. The molecule has 2 N–H and O–H groups in total. The van der Waals surface area contributed by atoms with Gasteiger partial charge in [0.2, 0.25) is 0 Å². The second-order valence-electron chi connectivity index (χ2n) is 4.99. The number of aryl methyl sites for hydroxylation is 1. The Labute approximate surface area is 129 Å². The summed E-state index contributed by atoms with van der Waals surface area (Å²) < 4.78 is 0. The van der Waals surface area contributed by atoms with E-state index in [1.807, 2.05) is 12.1 Å². The average Bonchev–Trinajstić information content (AvgIpc) is 3.05. The molecule has 0 bridgehead atoms. The molecule has 106 valence electrons. The molecule has 3 rings (SSSR count). The van der Waals surface area contributed by atoms with Crippen LogP contribution in [0.3, 0.4) is 0 Å². The van der Waals surface area contributed by atoms with E-state index in [1.54, 1.807) is 11.3 Å². The van der Waals surface area contributed by atoms with Crippen molar-refractivity contribution in [3.05, 3.63) is 65.0 Å². The van der Waals surface area contributed by atoms with Crippen LogP contribution in [0.2, 0.25) is 0 Å². The van der Waals surface area contributed by atoms with Gasteiger partial charge in [-0.1, -0.05) is 49.4 Å². The first kappa shape index (κ1) is 14.0. The predicted octanol–water partition coefficient (Wildman–Crippen LogP) is 4.50. The topological polar surface area (TPSA) is 38.9 Å². The van der Waals surface area contributed by atoms with Gasteiger partial charge in [0.05, 0.1) is 5.69 Å². The Kier molecular flexibility index (Phi) is 4.13. The molecule has 3 aromatic rings. The van der Waals surface area contributed by atoms with Crippen molar-refractivity contribution in [2.24, 2.45) is 5.73 Å². The number of thiazole rings is 1. The molecule has 1 aromatic heterocycles. The molecule has 0 atom stereocenters. The summed E-state index contributed by atoms with van der Waals surface area (Å²) in [5.41, 5.74) is 11.5. The third-order valence-electron chi connectivity index (χ3n) is 3.57. The van der Waals surface area contributed by atoms with Crippen LogP contribution >= 0.6 is 11.3 Å². The summed E-state index contributed by atoms with van der Waals surface area (Å²) in [5.74, 6) is 0. The van der Waals surface area contributed by atoms with E-state index in [-0.39, 0.29) is 0 Å². The predicted molar refractivity (Wildman–Crippen MR) is 90.3 cm³/mol. The second-order valence-corrected chi connectivity index (χ2v) is 5.85. The Morgan fingerprint density at radius 1 is 1.00 bits per heavy atom. The van der Waals surface area contributed by atoms with Crippen LogP contribution in [-0.4, -0.2) is 4.98 Å². The zero-order chi connectivity index (χ0) is 14.7. The van der Waals surface area contributed by atoms with Crippen molar-refractivity contribution in [2.75, 3.05) is 0 Å². The van der Waals surface area contributed by atoms with Gasteiger partial charge in [-0.2, -0.15) is 0 Å². The number of nitrogens with zero attached hydrogens (tertiary/aromatic N) is 1. The summed E-state index contributed by atoms with van der Waals surface area (Å²) in [6.45, 7) is 2.73. The van der Waals surface area contributed by atoms with E-state index in [2.05, 4.69) is 48.7 Å². The molecule has 0 saturated heterocycles. The first-order chi connectivity index (χ1) is 10.3. The van der Waals surface area contributed by atoms with Crippen molar-refractivity contribution in [3.63, 3.8) is 0 Å². The van der Waals surface area contributed by atoms with Gasteiger partial charge < -0.3 is 5.73 Å². The standard InChI is InChI=1S/C18H18N2S/c1-2-13-6-8-15(9-7-13)17-12-21-18(20-17)16-5-3-4-14(10-16)11-19/h3-10,12H,2,11,19H2,1H3. The minimum Gasteiger partial charge on any atom is -0.326 e. The molecule has 21 heavy (non-hydrogen) atoms. The van der Waals surface area contributed by atoms with Crippen LogP contribution in [0.1, 0.15) is 18.1 Å². The van der Waals surface area contributed by atoms with Gasteiger partial charge in [0, 0.05) is 23.1 Å². The summed E-state index contributed by atoms with van der Waals surface area (Å²) in [6, 6.07) is 16.9. The van der Waals surface area contributed by atoms with E-state index in [1.165, 1.54) is 11.1 Å². The summed E-state index contributed by atoms with van der Waals surface area (Å²) >= 11 is 1.67. The molecular formula is C18H18N2S. The molecule has 3 heteroatoms. The monoisotopic (exact) mass is 294 g/mol. The largest absolute Gasteiger partial charge is 0.326 e. The maximum atomic E-state index is 5.70. The Morgan fingerprint density at radius 3 is 2.52 bits per heavy atom. The molecule has 2 aromatic carbocycles. The summed E-state index contributed by atoms with van der Waals surface area (Å²) in [4.78, 5) is 4.76. The third kappa shape index (κ3) is 3.04. The summed E-state index contributed by atoms with van der Waals surface area (Å²) in [5, 5.41) is 3.16. The first-order valence-electron chi connectivity index (χ1n) is 7.14. The van der Waals surface area contributed by atoms with Gasteiger partial charge in [0.1, 0.15) is 5.01 Å². The minimum atomic E-state index is 0.560. The van der Waals surface area contributed by atoms with Crippen LogP contribution in [-0.2, 0) is 13.0 Å². The lowest BCUT2D eigenvalue weighted by molar-refractivity contribution is 1.07. The van der Waals surface area contributed by atoms with Crippen LogP contribution in [0.5, 0.6) is 0 Å². The highest BCUT2D eigenvalue weighted by Crippen LogP contribution is 2.29. The molecule has 2 nitrogen and oxygen atoms in total. The molecule has 0 aliphatic rings. The minimum absolute atomic E-state index is 0.560. The molecule has 0 amide bonds. The first-order valence-corrected chi connectivity index (χ1v) is 8.02. The van der Waals surface area contributed by atoms with Crippen LogP contribution in [0.25, 0.3) is 21.8 Å². The van der Waals surface area contributed by atoms with Crippen LogP contribution < -0.4 is 5.73 Å². The van der Waals surface area contributed by atoms with Crippen molar-refractivity contribution < 1.29 is 0 Å². The van der Waals surface area contributed by atoms with Gasteiger partial charge in [-0.05, 0) is 23.6 Å².